The van der Waals surface area contributed by atoms with Crippen molar-refractivity contribution in [3.05, 3.63) is 61.5 Å². The third kappa shape index (κ3) is 3.50. The first-order valence-corrected chi connectivity index (χ1v) is 7.46. The Labute approximate surface area is 129 Å². The first kappa shape index (κ1) is 13.9. The van der Waals surface area contributed by atoms with Crippen LogP contribution in [0, 0.1) is 6.92 Å². The molecule has 1 nitrogen and oxygen atoms in total. The molecule has 0 saturated carbocycles. The summed E-state index contributed by atoms with van der Waals surface area (Å²) in [7, 11) is 0. The van der Waals surface area contributed by atoms with Gasteiger partial charge in [0, 0.05) is 26.2 Å². The summed E-state index contributed by atoms with van der Waals surface area (Å²) in [4.78, 5) is 0. The van der Waals surface area contributed by atoms with Crippen molar-refractivity contribution in [1.29, 1.82) is 0 Å². The minimum absolute atomic E-state index is 0.694. The van der Waals surface area contributed by atoms with Crippen LogP contribution in [0.5, 0.6) is 0 Å². The lowest BCUT2D eigenvalue weighted by molar-refractivity contribution is 1.14. The van der Waals surface area contributed by atoms with Gasteiger partial charge in [0.25, 0.3) is 0 Å². The Morgan fingerprint density at radius 3 is 2.61 bits per heavy atom. The fourth-order valence-electron chi connectivity index (χ4n) is 1.63. The second-order valence-electron chi connectivity index (χ2n) is 4.07. The molecule has 0 aromatic heterocycles. The number of hydrogen-bond donors (Lipinski definition) is 1. The molecule has 0 amide bonds. The van der Waals surface area contributed by atoms with E-state index in [-0.39, 0.29) is 0 Å². The molecule has 0 aliphatic heterocycles. The molecular weight excluding hydrogens is 377 g/mol. The number of anilines is 1. The van der Waals surface area contributed by atoms with Gasteiger partial charge in [0.05, 0.1) is 0 Å². The zero-order chi connectivity index (χ0) is 13.1. The van der Waals surface area contributed by atoms with Crippen LogP contribution >= 0.6 is 43.5 Å². The summed E-state index contributed by atoms with van der Waals surface area (Å²) in [6.07, 6.45) is 0. The summed E-state index contributed by atoms with van der Waals surface area (Å²) >= 11 is 13.2. The maximum Gasteiger partial charge on any atom is 0.0487 e. The fourth-order valence-corrected chi connectivity index (χ4v) is 2.86. The van der Waals surface area contributed by atoms with Crippen LogP contribution in [-0.4, -0.2) is 0 Å². The van der Waals surface area contributed by atoms with Gasteiger partial charge in [-0.15, -0.1) is 0 Å². The zero-order valence-electron chi connectivity index (χ0n) is 9.81. The highest BCUT2D eigenvalue weighted by Crippen LogP contribution is 2.26. The summed E-state index contributed by atoms with van der Waals surface area (Å²) < 4.78 is 2.10. The highest BCUT2D eigenvalue weighted by Gasteiger charge is 2.03. The first-order chi connectivity index (χ1) is 8.56. The molecule has 0 heterocycles. The van der Waals surface area contributed by atoms with Crippen molar-refractivity contribution in [3.8, 4) is 0 Å². The monoisotopic (exact) mass is 387 g/mol. The Kier molecular flexibility index (Phi) is 4.71. The molecule has 0 spiro atoms. The number of benzene rings is 2. The van der Waals surface area contributed by atoms with Gasteiger partial charge in [0.15, 0.2) is 0 Å². The van der Waals surface area contributed by atoms with Crippen LogP contribution in [0.3, 0.4) is 0 Å². The van der Waals surface area contributed by atoms with Crippen molar-refractivity contribution in [2.75, 3.05) is 5.32 Å². The Bertz CT molecular complexity index is 570. The highest BCUT2D eigenvalue weighted by atomic mass is 79.9. The van der Waals surface area contributed by atoms with Crippen LogP contribution in [0.2, 0.25) is 5.02 Å². The second-order valence-corrected chi connectivity index (χ2v) is 6.25. The summed E-state index contributed by atoms with van der Waals surface area (Å²) in [5.74, 6) is 0. The number of halogens is 3. The van der Waals surface area contributed by atoms with E-state index < -0.39 is 0 Å². The summed E-state index contributed by atoms with van der Waals surface area (Å²) in [6, 6.07) is 12.1. The van der Waals surface area contributed by atoms with Gasteiger partial charge in [-0.3, -0.25) is 0 Å². The standard InChI is InChI=1S/C14H12Br2ClN/c1-9-2-5-14(12(16)6-9)18-8-10-7-11(15)3-4-13(10)17/h2-7,18H,8H2,1H3. The van der Waals surface area contributed by atoms with Crippen LogP contribution in [-0.2, 0) is 6.54 Å². The van der Waals surface area contributed by atoms with Crippen molar-refractivity contribution < 1.29 is 0 Å². The molecule has 0 fully saturated rings. The molecule has 4 heteroatoms. The van der Waals surface area contributed by atoms with E-state index in [1.54, 1.807) is 0 Å². The predicted octanol–water partition coefficient (Wildman–Crippen LogP) is 5.79. The lowest BCUT2D eigenvalue weighted by Crippen LogP contribution is -2.01. The lowest BCUT2D eigenvalue weighted by Gasteiger charge is -2.10. The average molecular weight is 390 g/mol. The number of rotatable bonds is 3. The van der Waals surface area contributed by atoms with E-state index in [0.717, 1.165) is 25.2 Å². The Morgan fingerprint density at radius 1 is 1.11 bits per heavy atom. The van der Waals surface area contributed by atoms with Crippen molar-refractivity contribution in [1.82, 2.24) is 0 Å². The van der Waals surface area contributed by atoms with Gasteiger partial charge in [-0.05, 0) is 64.3 Å². The van der Waals surface area contributed by atoms with E-state index in [0.29, 0.717) is 6.54 Å². The SMILES string of the molecule is Cc1ccc(NCc2cc(Br)ccc2Cl)c(Br)c1. The van der Waals surface area contributed by atoms with E-state index in [1.807, 2.05) is 18.2 Å². The molecule has 2 aromatic rings. The van der Waals surface area contributed by atoms with Crippen molar-refractivity contribution >= 4 is 49.1 Å². The molecule has 0 aliphatic rings. The van der Waals surface area contributed by atoms with Crippen molar-refractivity contribution in [2.24, 2.45) is 0 Å². The molecule has 0 atom stereocenters. The number of hydrogen-bond acceptors (Lipinski definition) is 1. The molecule has 0 saturated heterocycles. The Hall–Kier alpha value is -0.510. The summed E-state index contributed by atoms with van der Waals surface area (Å²) in [6.45, 7) is 2.76. The molecule has 94 valence electrons. The summed E-state index contributed by atoms with van der Waals surface area (Å²) in [5, 5.41) is 4.14. The van der Waals surface area contributed by atoms with Crippen LogP contribution < -0.4 is 5.32 Å². The molecule has 0 unspecified atom stereocenters. The van der Waals surface area contributed by atoms with Gasteiger partial charge in [-0.2, -0.15) is 0 Å². The number of aryl methyl sites for hydroxylation is 1. The van der Waals surface area contributed by atoms with E-state index in [9.17, 15) is 0 Å². The highest BCUT2D eigenvalue weighted by molar-refractivity contribution is 9.10. The van der Waals surface area contributed by atoms with E-state index in [1.165, 1.54) is 5.56 Å². The van der Waals surface area contributed by atoms with Crippen LogP contribution in [0.25, 0.3) is 0 Å². The van der Waals surface area contributed by atoms with Gasteiger partial charge in [0.1, 0.15) is 0 Å². The smallest absolute Gasteiger partial charge is 0.0487 e. The molecule has 2 aromatic carbocycles. The molecule has 0 aliphatic carbocycles. The maximum atomic E-state index is 6.15. The van der Waals surface area contributed by atoms with Gasteiger partial charge in [-0.1, -0.05) is 33.6 Å². The van der Waals surface area contributed by atoms with E-state index >= 15 is 0 Å². The molecule has 2 rings (SSSR count). The first-order valence-electron chi connectivity index (χ1n) is 5.50. The minimum atomic E-state index is 0.694. The molecule has 1 N–H and O–H groups in total. The predicted molar refractivity (Wildman–Crippen MR) is 85.4 cm³/mol. The van der Waals surface area contributed by atoms with E-state index in [2.05, 4.69) is 62.3 Å². The lowest BCUT2D eigenvalue weighted by atomic mass is 10.2. The summed E-state index contributed by atoms with van der Waals surface area (Å²) in [5.41, 5.74) is 3.36. The van der Waals surface area contributed by atoms with Crippen molar-refractivity contribution in [3.63, 3.8) is 0 Å². The van der Waals surface area contributed by atoms with Gasteiger partial charge in [0.2, 0.25) is 0 Å². The third-order valence-electron chi connectivity index (χ3n) is 2.60. The average Bonchev–Trinajstić information content (AvgIpc) is 2.32. The van der Waals surface area contributed by atoms with Crippen LogP contribution in [0.15, 0.2) is 45.3 Å². The van der Waals surface area contributed by atoms with Crippen molar-refractivity contribution in [2.45, 2.75) is 13.5 Å². The van der Waals surface area contributed by atoms with Crippen LogP contribution in [0.4, 0.5) is 5.69 Å². The molecular formula is C14H12Br2ClN. The fraction of sp³-hybridized carbons (Fsp3) is 0.143. The zero-order valence-corrected chi connectivity index (χ0v) is 13.7. The number of nitrogens with one attached hydrogen (secondary N) is 1. The molecule has 0 radical (unpaired) electrons. The largest absolute Gasteiger partial charge is 0.380 e. The van der Waals surface area contributed by atoms with Gasteiger partial charge < -0.3 is 5.32 Å². The van der Waals surface area contributed by atoms with Gasteiger partial charge >= 0.3 is 0 Å². The normalized spacial score (nSPS) is 10.4. The van der Waals surface area contributed by atoms with E-state index in [4.69, 9.17) is 11.6 Å². The maximum absolute atomic E-state index is 6.15. The Morgan fingerprint density at radius 2 is 1.89 bits per heavy atom. The minimum Gasteiger partial charge on any atom is -0.380 e. The van der Waals surface area contributed by atoms with Crippen LogP contribution in [0.1, 0.15) is 11.1 Å². The van der Waals surface area contributed by atoms with Gasteiger partial charge in [-0.25, -0.2) is 0 Å². The second kappa shape index (κ2) is 6.09. The molecule has 0 bridgehead atoms. The third-order valence-corrected chi connectivity index (χ3v) is 4.12. The molecule has 18 heavy (non-hydrogen) atoms. The topological polar surface area (TPSA) is 12.0 Å². The quantitative estimate of drug-likeness (QED) is 0.701. The Balaban J connectivity index is 2.13.